The molecule has 0 bridgehead atoms. The van der Waals surface area contributed by atoms with Crippen molar-refractivity contribution in [2.45, 2.75) is 17.7 Å². The van der Waals surface area contributed by atoms with Crippen LogP contribution >= 0.6 is 0 Å². The lowest BCUT2D eigenvalue weighted by Gasteiger charge is -2.30. The van der Waals surface area contributed by atoms with Gasteiger partial charge in [0.05, 0.1) is 4.90 Å². The van der Waals surface area contributed by atoms with E-state index in [4.69, 9.17) is 5.11 Å². The molecule has 6 heteroatoms. The molecule has 1 aromatic carbocycles. The van der Waals surface area contributed by atoms with Gasteiger partial charge < -0.3 is 10.0 Å². The molecule has 2 rings (SSSR count). The van der Waals surface area contributed by atoms with Crippen LogP contribution in [0.25, 0.3) is 0 Å². The third-order valence-corrected chi connectivity index (χ3v) is 5.22. The maximum absolute atomic E-state index is 12.0. The summed E-state index contributed by atoms with van der Waals surface area (Å²) in [5.74, 6) is 0.410. The van der Waals surface area contributed by atoms with Crippen LogP contribution in [-0.4, -0.2) is 51.2 Å². The third kappa shape index (κ3) is 4.28. The zero-order chi connectivity index (χ0) is 14.4. The summed E-state index contributed by atoms with van der Waals surface area (Å²) < 4.78 is 26.6. The highest BCUT2D eigenvalue weighted by molar-refractivity contribution is 7.89. The zero-order valence-electron chi connectivity index (χ0n) is 11.5. The number of likely N-dealkylation sites (tertiary alicyclic amines) is 1. The Morgan fingerprint density at radius 1 is 1.20 bits per heavy atom. The maximum Gasteiger partial charge on any atom is 0.240 e. The summed E-state index contributed by atoms with van der Waals surface area (Å²) in [5.41, 5.74) is 0. The Morgan fingerprint density at radius 3 is 2.45 bits per heavy atom. The van der Waals surface area contributed by atoms with Crippen molar-refractivity contribution in [2.24, 2.45) is 5.92 Å². The number of piperidine rings is 1. The Labute approximate surface area is 120 Å². The van der Waals surface area contributed by atoms with Crippen LogP contribution in [0.4, 0.5) is 0 Å². The summed E-state index contributed by atoms with van der Waals surface area (Å²) in [6.45, 7) is 3.25. The standard InChI is InChI=1S/C14H22N2O3S/c17-12-13-6-9-16(10-7-13)11-8-15-20(18,19)14-4-2-1-3-5-14/h1-5,13,15,17H,6-12H2. The monoisotopic (exact) mass is 298 g/mol. The minimum Gasteiger partial charge on any atom is -0.396 e. The van der Waals surface area contributed by atoms with Gasteiger partial charge in [-0.3, -0.25) is 0 Å². The van der Waals surface area contributed by atoms with Crippen LogP contribution in [0, 0.1) is 5.92 Å². The molecule has 0 aromatic heterocycles. The lowest BCUT2D eigenvalue weighted by Crippen LogP contribution is -2.40. The lowest BCUT2D eigenvalue weighted by atomic mass is 9.98. The maximum atomic E-state index is 12.0. The van der Waals surface area contributed by atoms with Gasteiger partial charge in [-0.2, -0.15) is 0 Å². The fourth-order valence-electron chi connectivity index (χ4n) is 2.41. The second-order valence-corrected chi connectivity index (χ2v) is 6.95. The SMILES string of the molecule is O=S(=O)(NCCN1CCC(CO)CC1)c1ccccc1. The van der Waals surface area contributed by atoms with Gasteiger partial charge in [0.25, 0.3) is 0 Å². The smallest absolute Gasteiger partial charge is 0.240 e. The summed E-state index contributed by atoms with van der Waals surface area (Å²) in [6, 6.07) is 8.41. The fourth-order valence-corrected chi connectivity index (χ4v) is 3.46. The van der Waals surface area contributed by atoms with Gasteiger partial charge in [0, 0.05) is 19.7 Å². The molecule has 0 amide bonds. The predicted molar refractivity (Wildman–Crippen MR) is 77.9 cm³/mol. The molecule has 1 aromatic rings. The van der Waals surface area contributed by atoms with Crippen molar-refractivity contribution in [1.29, 1.82) is 0 Å². The second kappa shape index (κ2) is 7.17. The van der Waals surface area contributed by atoms with Crippen LogP contribution in [0.15, 0.2) is 35.2 Å². The number of hydrogen-bond acceptors (Lipinski definition) is 4. The van der Waals surface area contributed by atoms with E-state index < -0.39 is 10.0 Å². The molecule has 0 unspecified atom stereocenters. The van der Waals surface area contributed by atoms with Gasteiger partial charge in [0.1, 0.15) is 0 Å². The van der Waals surface area contributed by atoms with Gasteiger partial charge in [-0.25, -0.2) is 13.1 Å². The van der Waals surface area contributed by atoms with Gasteiger partial charge in [-0.1, -0.05) is 18.2 Å². The number of nitrogens with zero attached hydrogens (tertiary/aromatic N) is 1. The second-order valence-electron chi connectivity index (χ2n) is 5.18. The van der Waals surface area contributed by atoms with Crippen molar-refractivity contribution in [3.05, 3.63) is 30.3 Å². The number of aliphatic hydroxyl groups is 1. The van der Waals surface area contributed by atoms with Crippen LogP contribution in [-0.2, 0) is 10.0 Å². The number of rotatable bonds is 6. The molecule has 1 aliphatic rings. The molecule has 1 saturated heterocycles. The van der Waals surface area contributed by atoms with Crippen molar-refractivity contribution in [3.63, 3.8) is 0 Å². The van der Waals surface area contributed by atoms with Crippen LogP contribution in [0.5, 0.6) is 0 Å². The van der Waals surface area contributed by atoms with E-state index in [1.807, 2.05) is 0 Å². The predicted octanol–water partition coefficient (Wildman–Crippen LogP) is 0.669. The molecule has 0 spiro atoms. The highest BCUT2D eigenvalue weighted by Gasteiger charge is 2.19. The van der Waals surface area contributed by atoms with E-state index in [1.165, 1.54) is 0 Å². The van der Waals surface area contributed by atoms with Crippen molar-refractivity contribution >= 4 is 10.0 Å². The average molecular weight is 298 g/mol. The Balaban J connectivity index is 1.76. The van der Waals surface area contributed by atoms with Crippen molar-refractivity contribution in [3.8, 4) is 0 Å². The van der Waals surface area contributed by atoms with Crippen molar-refractivity contribution < 1.29 is 13.5 Å². The molecule has 5 nitrogen and oxygen atoms in total. The van der Waals surface area contributed by atoms with E-state index in [1.54, 1.807) is 30.3 Å². The number of sulfonamides is 1. The molecule has 0 saturated carbocycles. The molecular formula is C14H22N2O3S. The summed E-state index contributed by atoms with van der Waals surface area (Å²) in [6.07, 6.45) is 1.98. The van der Waals surface area contributed by atoms with E-state index in [0.717, 1.165) is 25.9 Å². The number of hydrogen-bond donors (Lipinski definition) is 2. The molecule has 0 atom stereocenters. The topological polar surface area (TPSA) is 69.6 Å². The minimum atomic E-state index is -3.39. The summed E-state index contributed by atoms with van der Waals surface area (Å²) in [4.78, 5) is 2.54. The van der Waals surface area contributed by atoms with Crippen molar-refractivity contribution in [2.75, 3.05) is 32.8 Å². The highest BCUT2D eigenvalue weighted by Crippen LogP contribution is 2.15. The molecule has 20 heavy (non-hydrogen) atoms. The van der Waals surface area contributed by atoms with Crippen LogP contribution in [0.3, 0.4) is 0 Å². The molecule has 1 fully saturated rings. The Kier molecular flexibility index (Phi) is 5.54. The number of aliphatic hydroxyl groups excluding tert-OH is 1. The molecule has 112 valence electrons. The van der Waals surface area contributed by atoms with E-state index in [2.05, 4.69) is 9.62 Å². The number of nitrogens with one attached hydrogen (secondary N) is 1. The van der Waals surface area contributed by atoms with Crippen LogP contribution in [0.2, 0.25) is 0 Å². The Morgan fingerprint density at radius 2 is 1.85 bits per heavy atom. The highest BCUT2D eigenvalue weighted by atomic mass is 32.2. The first-order chi connectivity index (χ1) is 9.62. The fraction of sp³-hybridized carbons (Fsp3) is 0.571. The molecular weight excluding hydrogens is 276 g/mol. The van der Waals surface area contributed by atoms with Gasteiger partial charge in [-0.05, 0) is 44.0 Å². The van der Waals surface area contributed by atoms with Crippen molar-refractivity contribution in [1.82, 2.24) is 9.62 Å². The molecule has 1 heterocycles. The molecule has 1 aliphatic heterocycles. The average Bonchev–Trinajstić information content (AvgIpc) is 2.49. The first-order valence-electron chi connectivity index (χ1n) is 7.00. The van der Waals surface area contributed by atoms with E-state index in [0.29, 0.717) is 23.9 Å². The summed E-state index contributed by atoms with van der Waals surface area (Å²) in [7, 11) is -3.39. The minimum absolute atomic E-state index is 0.258. The lowest BCUT2D eigenvalue weighted by molar-refractivity contribution is 0.133. The zero-order valence-corrected chi connectivity index (χ0v) is 12.3. The van der Waals surface area contributed by atoms with Crippen LogP contribution < -0.4 is 4.72 Å². The van der Waals surface area contributed by atoms with Gasteiger partial charge in [0.2, 0.25) is 10.0 Å². The van der Waals surface area contributed by atoms with E-state index in [-0.39, 0.29) is 6.61 Å². The first kappa shape index (κ1) is 15.4. The van der Waals surface area contributed by atoms with Gasteiger partial charge in [0.15, 0.2) is 0 Å². The Bertz CT molecular complexity index is 496. The normalized spacial score (nSPS) is 18.2. The largest absolute Gasteiger partial charge is 0.396 e. The van der Waals surface area contributed by atoms with Gasteiger partial charge in [-0.15, -0.1) is 0 Å². The molecule has 2 N–H and O–H groups in total. The first-order valence-corrected chi connectivity index (χ1v) is 8.48. The molecule has 0 radical (unpaired) electrons. The number of benzene rings is 1. The van der Waals surface area contributed by atoms with Crippen LogP contribution in [0.1, 0.15) is 12.8 Å². The molecule has 0 aliphatic carbocycles. The van der Waals surface area contributed by atoms with Gasteiger partial charge >= 0.3 is 0 Å². The van der Waals surface area contributed by atoms with E-state index in [9.17, 15) is 8.42 Å². The summed E-state index contributed by atoms with van der Waals surface area (Å²) in [5, 5.41) is 9.08. The van der Waals surface area contributed by atoms with E-state index >= 15 is 0 Å². The summed E-state index contributed by atoms with van der Waals surface area (Å²) >= 11 is 0. The quantitative estimate of drug-likeness (QED) is 0.810. The third-order valence-electron chi connectivity index (χ3n) is 3.74. The Hall–Kier alpha value is -0.950.